The number of carbonyl (C=O) groups is 4. The Morgan fingerprint density at radius 1 is 1.09 bits per heavy atom. The van der Waals surface area contributed by atoms with Crippen LogP contribution in [0.25, 0.3) is 0 Å². The molecule has 10 nitrogen and oxygen atoms in total. The Hall–Kier alpha value is -3.30. The second kappa shape index (κ2) is 11.5. The van der Waals surface area contributed by atoms with Crippen LogP contribution >= 0.6 is 0 Å². The predicted molar refractivity (Wildman–Crippen MR) is 115 cm³/mol. The fourth-order valence-corrected chi connectivity index (χ4v) is 4.10. The molecule has 0 radical (unpaired) electrons. The number of piperidine rings is 1. The quantitative estimate of drug-likeness (QED) is 0.517. The summed E-state index contributed by atoms with van der Waals surface area (Å²) in [6.45, 7) is 1.39. The van der Waals surface area contributed by atoms with E-state index in [1.54, 1.807) is 4.90 Å². The number of amides is 3. The smallest absolute Gasteiger partial charge is 0.410 e. The maximum absolute atomic E-state index is 12.5. The highest BCUT2D eigenvalue weighted by atomic mass is 16.6. The normalized spacial score (nSPS) is 17.0. The van der Waals surface area contributed by atoms with Crippen LogP contribution in [-0.2, 0) is 25.7 Å². The van der Waals surface area contributed by atoms with Gasteiger partial charge in [0.2, 0.25) is 5.91 Å². The second-order valence-corrected chi connectivity index (χ2v) is 8.46. The maximum Gasteiger partial charge on any atom is 0.410 e. The molecule has 1 aromatic carbocycles. The number of hydrogen-bond acceptors (Lipinski definition) is 7. The molecule has 3 rings (SSSR count). The molecule has 0 unspecified atom stereocenters. The molecule has 0 atom stereocenters. The van der Waals surface area contributed by atoms with Gasteiger partial charge in [0.15, 0.2) is 0 Å². The maximum atomic E-state index is 12.5. The van der Waals surface area contributed by atoms with Gasteiger partial charge in [-0.2, -0.15) is 0 Å². The van der Waals surface area contributed by atoms with Crippen molar-refractivity contribution in [3.63, 3.8) is 0 Å². The van der Waals surface area contributed by atoms with Crippen LogP contribution in [0.1, 0.15) is 44.1 Å². The van der Waals surface area contributed by atoms with Crippen molar-refractivity contribution in [1.82, 2.24) is 15.1 Å². The molecule has 10 heteroatoms. The molecule has 0 aliphatic carbocycles. The van der Waals surface area contributed by atoms with E-state index in [-0.39, 0.29) is 19.1 Å². The van der Waals surface area contributed by atoms with Gasteiger partial charge in [0.25, 0.3) is 0 Å². The third kappa shape index (κ3) is 7.37. The molecule has 2 aliphatic heterocycles. The van der Waals surface area contributed by atoms with Crippen molar-refractivity contribution < 1.29 is 33.8 Å². The highest BCUT2D eigenvalue weighted by Crippen LogP contribution is 2.33. The predicted octanol–water partition coefficient (Wildman–Crippen LogP) is 1.04. The first-order valence-electron chi connectivity index (χ1n) is 11.3. The van der Waals surface area contributed by atoms with E-state index in [1.807, 2.05) is 30.3 Å². The first-order valence-corrected chi connectivity index (χ1v) is 11.3. The van der Waals surface area contributed by atoms with E-state index in [2.05, 4.69) is 5.32 Å². The summed E-state index contributed by atoms with van der Waals surface area (Å²) in [7, 11) is 0. The molecule has 1 spiro atoms. The van der Waals surface area contributed by atoms with Crippen molar-refractivity contribution in [3.8, 4) is 0 Å². The summed E-state index contributed by atoms with van der Waals surface area (Å²) in [4.78, 5) is 49.7. The van der Waals surface area contributed by atoms with Crippen LogP contribution in [-0.4, -0.2) is 72.2 Å². The van der Waals surface area contributed by atoms with E-state index < -0.39 is 30.3 Å². The molecule has 1 N–H and O–H groups in total. The topological polar surface area (TPSA) is 128 Å². The molecule has 1 aromatic rings. The monoisotopic (exact) mass is 460 g/mol. The van der Waals surface area contributed by atoms with E-state index in [0.717, 1.165) is 29.7 Å². The average molecular weight is 461 g/mol. The number of benzene rings is 1. The summed E-state index contributed by atoms with van der Waals surface area (Å²) in [5.41, 5.74) is 0.208. The number of rotatable bonds is 10. The Kier molecular flexibility index (Phi) is 8.51. The lowest BCUT2D eigenvalue weighted by molar-refractivity contribution is -0.305. The minimum absolute atomic E-state index is 0.0518. The molecule has 33 heavy (non-hydrogen) atoms. The van der Waals surface area contributed by atoms with Crippen molar-refractivity contribution in [2.24, 2.45) is 0 Å². The molecule has 0 bridgehead atoms. The summed E-state index contributed by atoms with van der Waals surface area (Å²) in [6, 6.07) is 9.45. The van der Waals surface area contributed by atoms with Crippen molar-refractivity contribution in [3.05, 3.63) is 35.9 Å². The molecule has 2 heterocycles. The van der Waals surface area contributed by atoms with Crippen molar-refractivity contribution in [1.29, 1.82) is 0 Å². The number of ether oxygens (including phenoxy) is 2. The molecule has 2 aliphatic rings. The average Bonchev–Trinajstić information content (AvgIpc) is 3.09. The van der Waals surface area contributed by atoms with Gasteiger partial charge in [0, 0.05) is 38.9 Å². The third-order valence-electron chi connectivity index (χ3n) is 5.94. The number of unbranched alkanes of at least 4 members (excludes halogenated alkanes) is 2. The van der Waals surface area contributed by atoms with E-state index >= 15 is 0 Å². The Morgan fingerprint density at radius 3 is 2.52 bits per heavy atom. The molecule has 3 amide bonds. The van der Waals surface area contributed by atoms with Gasteiger partial charge in [-0.1, -0.05) is 36.8 Å². The number of alkyl carbamates (subject to hydrolysis) is 1. The highest BCUT2D eigenvalue weighted by Gasteiger charge is 2.47. The zero-order chi connectivity index (χ0) is 23.7. The molecule has 180 valence electrons. The molecule has 0 aromatic heterocycles. The summed E-state index contributed by atoms with van der Waals surface area (Å²) in [5.74, 6) is -1.27. The minimum Gasteiger partial charge on any atom is -0.548 e. The van der Waals surface area contributed by atoms with Crippen LogP contribution in [0.5, 0.6) is 0 Å². The molecular weight excluding hydrogens is 430 g/mol. The van der Waals surface area contributed by atoms with Crippen LogP contribution in [0, 0.1) is 0 Å². The number of aliphatic carboxylic acids is 1. The van der Waals surface area contributed by atoms with Crippen LogP contribution in [0.4, 0.5) is 9.59 Å². The fourth-order valence-electron chi connectivity index (χ4n) is 4.10. The highest BCUT2D eigenvalue weighted by molar-refractivity contribution is 5.78. The van der Waals surface area contributed by atoms with Crippen molar-refractivity contribution >= 4 is 24.1 Å². The van der Waals surface area contributed by atoms with Crippen LogP contribution in [0.3, 0.4) is 0 Å². The first kappa shape index (κ1) is 24.3. The number of nitrogens with zero attached hydrogens (tertiary/aromatic N) is 2. The summed E-state index contributed by atoms with van der Waals surface area (Å²) in [5, 5.41) is 13.5. The molecular formula is C23H30N3O7-. The Balaban J connectivity index is 1.24. The van der Waals surface area contributed by atoms with Gasteiger partial charge >= 0.3 is 12.2 Å². The van der Waals surface area contributed by atoms with Gasteiger partial charge in [0.1, 0.15) is 12.2 Å². The lowest BCUT2D eigenvalue weighted by Crippen LogP contribution is -2.49. The number of nitrogens with one attached hydrogen (secondary N) is 1. The van der Waals surface area contributed by atoms with Gasteiger partial charge in [-0.15, -0.1) is 0 Å². The lowest BCUT2D eigenvalue weighted by Gasteiger charge is -2.37. The lowest BCUT2D eigenvalue weighted by atomic mass is 9.91. The van der Waals surface area contributed by atoms with Crippen LogP contribution in [0.2, 0.25) is 0 Å². The molecule has 2 fully saturated rings. The summed E-state index contributed by atoms with van der Waals surface area (Å²) in [6.07, 6.45) is 2.57. The van der Waals surface area contributed by atoms with Crippen molar-refractivity contribution in [2.75, 3.05) is 32.7 Å². The molecule has 0 saturated carbocycles. The van der Waals surface area contributed by atoms with Gasteiger partial charge in [0.05, 0.1) is 19.1 Å². The van der Waals surface area contributed by atoms with E-state index in [1.165, 1.54) is 0 Å². The first-order chi connectivity index (χ1) is 15.9. The van der Waals surface area contributed by atoms with Gasteiger partial charge in [-0.05, 0) is 18.4 Å². The van der Waals surface area contributed by atoms with Gasteiger partial charge < -0.3 is 29.6 Å². The number of carboxylic acids is 1. The zero-order valence-corrected chi connectivity index (χ0v) is 18.6. The fraction of sp³-hybridized carbons (Fsp3) is 0.565. The Bertz CT molecular complexity index is 838. The van der Waals surface area contributed by atoms with Gasteiger partial charge in [-0.3, -0.25) is 9.69 Å². The number of carboxylic acid groups (broad SMARTS) is 1. The number of likely N-dealkylation sites (tertiary alicyclic amines) is 1. The standard InChI is InChI=1S/C23H31N3O7/c27-19(9-5-2-6-12-24-21(30)32-16-18-7-3-1-4-8-18)25-13-10-23(11-14-25)17-26(15-20(28)29)22(31)33-23/h1,3-4,7-8H,2,5-6,9-17H2,(H,24,30)(H,28,29)/p-1. The number of hydrogen-bond donors (Lipinski definition) is 1. The minimum atomic E-state index is -1.32. The second-order valence-electron chi connectivity index (χ2n) is 8.46. The molecule has 2 saturated heterocycles. The van der Waals surface area contributed by atoms with E-state index in [4.69, 9.17) is 9.47 Å². The largest absolute Gasteiger partial charge is 0.548 e. The number of carbonyl (C=O) groups excluding carboxylic acids is 4. The Morgan fingerprint density at radius 2 is 1.82 bits per heavy atom. The van der Waals surface area contributed by atoms with Crippen LogP contribution < -0.4 is 10.4 Å². The van der Waals surface area contributed by atoms with Crippen molar-refractivity contribution in [2.45, 2.75) is 50.7 Å². The third-order valence-corrected chi connectivity index (χ3v) is 5.94. The Labute approximate surface area is 192 Å². The summed E-state index contributed by atoms with van der Waals surface area (Å²) >= 11 is 0. The zero-order valence-electron chi connectivity index (χ0n) is 18.6. The SMILES string of the molecule is O=C([O-])CN1CC2(CCN(C(=O)CCCCCNC(=O)OCc3ccccc3)CC2)OC1=O. The summed E-state index contributed by atoms with van der Waals surface area (Å²) < 4.78 is 10.6. The van der Waals surface area contributed by atoms with Crippen LogP contribution in [0.15, 0.2) is 30.3 Å². The van der Waals surface area contributed by atoms with E-state index in [9.17, 15) is 24.3 Å². The van der Waals surface area contributed by atoms with E-state index in [0.29, 0.717) is 38.9 Å². The van der Waals surface area contributed by atoms with Gasteiger partial charge in [-0.25, -0.2) is 9.59 Å².